The summed E-state index contributed by atoms with van der Waals surface area (Å²) in [5.41, 5.74) is 1.62. The maximum atomic E-state index is 12.1. The van der Waals surface area contributed by atoms with Crippen molar-refractivity contribution in [3.8, 4) is 22.9 Å². The first kappa shape index (κ1) is 17.5. The SMILES string of the molecule is COc1ccc(CC(=O)NCc2nc(-c3ccccc3OC)no2)cc1. The zero-order chi connectivity index (χ0) is 18.4. The number of hydrogen-bond acceptors (Lipinski definition) is 6. The Morgan fingerprint density at radius 3 is 2.58 bits per heavy atom. The Kier molecular flexibility index (Phi) is 5.48. The summed E-state index contributed by atoms with van der Waals surface area (Å²) in [6.07, 6.45) is 0.261. The Balaban J connectivity index is 1.58. The van der Waals surface area contributed by atoms with Crippen LogP contribution in [-0.4, -0.2) is 30.3 Å². The van der Waals surface area contributed by atoms with Gasteiger partial charge in [0.05, 0.1) is 32.7 Å². The van der Waals surface area contributed by atoms with E-state index in [4.69, 9.17) is 14.0 Å². The highest BCUT2D eigenvalue weighted by molar-refractivity contribution is 5.78. The van der Waals surface area contributed by atoms with Crippen molar-refractivity contribution in [3.05, 3.63) is 60.0 Å². The van der Waals surface area contributed by atoms with E-state index >= 15 is 0 Å². The van der Waals surface area contributed by atoms with Crippen molar-refractivity contribution in [3.63, 3.8) is 0 Å². The molecule has 0 saturated carbocycles. The van der Waals surface area contributed by atoms with Crippen LogP contribution >= 0.6 is 0 Å². The van der Waals surface area contributed by atoms with Gasteiger partial charge in [-0.1, -0.05) is 29.4 Å². The van der Waals surface area contributed by atoms with E-state index in [2.05, 4.69) is 15.5 Å². The molecular weight excluding hydrogens is 334 g/mol. The van der Waals surface area contributed by atoms with Gasteiger partial charge in [0.15, 0.2) is 0 Å². The molecule has 0 aliphatic carbocycles. The lowest BCUT2D eigenvalue weighted by Gasteiger charge is -2.04. The summed E-state index contributed by atoms with van der Waals surface area (Å²) < 4.78 is 15.6. The normalized spacial score (nSPS) is 10.4. The molecule has 0 bridgehead atoms. The average molecular weight is 353 g/mol. The number of rotatable bonds is 7. The standard InChI is InChI=1S/C19H19N3O4/c1-24-14-9-7-13(8-10-14)11-17(23)20-12-18-21-19(22-26-18)15-5-3-4-6-16(15)25-2/h3-10H,11-12H2,1-2H3,(H,20,23). The largest absolute Gasteiger partial charge is 0.497 e. The number of nitrogens with zero attached hydrogens (tertiary/aromatic N) is 2. The Labute approximate surface area is 150 Å². The summed E-state index contributed by atoms with van der Waals surface area (Å²) in [7, 11) is 3.19. The van der Waals surface area contributed by atoms with Crippen LogP contribution in [0.1, 0.15) is 11.5 Å². The molecule has 1 aromatic heterocycles. The smallest absolute Gasteiger partial charge is 0.246 e. The van der Waals surface area contributed by atoms with E-state index in [-0.39, 0.29) is 18.9 Å². The molecule has 0 fully saturated rings. The van der Waals surface area contributed by atoms with Crippen molar-refractivity contribution in [1.82, 2.24) is 15.5 Å². The number of nitrogens with one attached hydrogen (secondary N) is 1. The van der Waals surface area contributed by atoms with E-state index in [1.807, 2.05) is 48.5 Å². The average Bonchev–Trinajstić information content (AvgIpc) is 3.16. The first-order chi connectivity index (χ1) is 12.7. The summed E-state index contributed by atoms with van der Waals surface area (Å²) in [6, 6.07) is 14.7. The summed E-state index contributed by atoms with van der Waals surface area (Å²) in [5.74, 6) is 2.02. The number of ether oxygens (including phenoxy) is 2. The van der Waals surface area contributed by atoms with Crippen LogP contribution in [0.15, 0.2) is 53.1 Å². The number of methoxy groups -OCH3 is 2. The Hall–Kier alpha value is -3.35. The van der Waals surface area contributed by atoms with E-state index < -0.39 is 0 Å². The minimum atomic E-state index is -0.132. The third kappa shape index (κ3) is 4.18. The van der Waals surface area contributed by atoms with Gasteiger partial charge in [0.25, 0.3) is 0 Å². The minimum Gasteiger partial charge on any atom is -0.497 e. The van der Waals surface area contributed by atoms with Crippen molar-refractivity contribution in [1.29, 1.82) is 0 Å². The molecule has 0 unspecified atom stereocenters. The number of aromatic nitrogens is 2. The zero-order valence-electron chi connectivity index (χ0n) is 14.6. The Morgan fingerprint density at radius 2 is 1.85 bits per heavy atom. The quantitative estimate of drug-likeness (QED) is 0.703. The van der Waals surface area contributed by atoms with E-state index in [0.29, 0.717) is 17.5 Å². The van der Waals surface area contributed by atoms with Crippen molar-refractivity contribution in [2.24, 2.45) is 0 Å². The highest BCUT2D eigenvalue weighted by Gasteiger charge is 2.13. The van der Waals surface area contributed by atoms with Gasteiger partial charge in [0.1, 0.15) is 11.5 Å². The van der Waals surface area contributed by atoms with Crippen LogP contribution in [-0.2, 0) is 17.8 Å². The topological polar surface area (TPSA) is 86.5 Å². The summed E-state index contributed by atoms with van der Waals surface area (Å²) in [5, 5.41) is 6.72. The van der Waals surface area contributed by atoms with Gasteiger partial charge < -0.3 is 19.3 Å². The Bertz CT molecular complexity index is 875. The van der Waals surface area contributed by atoms with Crippen molar-refractivity contribution >= 4 is 5.91 Å². The van der Waals surface area contributed by atoms with Gasteiger partial charge in [0.2, 0.25) is 17.6 Å². The molecule has 1 amide bonds. The molecule has 2 aromatic carbocycles. The van der Waals surface area contributed by atoms with Crippen LogP contribution < -0.4 is 14.8 Å². The minimum absolute atomic E-state index is 0.132. The van der Waals surface area contributed by atoms with Gasteiger partial charge in [-0.25, -0.2) is 0 Å². The molecule has 0 spiro atoms. The predicted octanol–water partition coefficient (Wildman–Crippen LogP) is 2.61. The van der Waals surface area contributed by atoms with E-state index in [0.717, 1.165) is 16.9 Å². The van der Waals surface area contributed by atoms with Gasteiger partial charge in [-0.05, 0) is 29.8 Å². The lowest BCUT2D eigenvalue weighted by Crippen LogP contribution is -2.24. The highest BCUT2D eigenvalue weighted by atomic mass is 16.5. The lowest BCUT2D eigenvalue weighted by atomic mass is 10.1. The second-order valence-electron chi connectivity index (χ2n) is 5.51. The van der Waals surface area contributed by atoms with Crippen LogP contribution in [0.25, 0.3) is 11.4 Å². The molecule has 3 rings (SSSR count). The van der Waals surface area contributed by atoms with Gasteiger partial charge in [-0.15, -0.1) is 0 Å². The van der Waals surface area contributed by atoms with Crippen molar-refractivity contribution in [2.75, 3.05) is 14.2 Å². The fraction of sp³-hybridized carbons (Fsp3) is 0.211. The van der Waals surface area contributed by atoms with Crippen LogP contribution in [0.2, 0.25) is 0 Å². The predicted molar refractivity (Wildman–Crippen MR) is 94.8 cm³/mol. The van der Waals surface area contributed by atoms with Gasteiger partial charge >= 0.3 is 0 Å². The van der Waals surface area contributed by atoms with Crippen LogP contribution in [0.5, 0.6) is 11.5 Å². The number of carbonyl (C=O) groups is 1. The van der Waals surface area contributed by atoms with Crippen molar-refractivity contribution in [2.45, 2.75) is 13.0 Å². The highest BCUT2D eigenvalue weighted by Crippen LogP contribution is 2.26. The second kappa shape index (κ2) is 8.15. The number of para-hydroxylation sites is 1. The summed E-state index contributed by atoms with van der Waals surface area (Å²) in [4.78, 5) is 16.4. The van der Waals surface area contributed by atoms with Gasteiger partial charge in [0, 0.05) is 0 Å². The summed E-state index contributed by atoms with van der Waals surface area (Å²) >= 11 is 0. The second-order valence-corrected chi connectivity index (χ2v) is 5.51. The van der Waals surface area contributed by atoms with E-state index in [9.17, 15) is 4.79 Å². The number of carbonyl (C=O) groups excluding carboxylic acids is 1. The molecule has 1 heterocycles. The molecule has 0 aliphatic heterocycles. The van der Waals surface area contributed by atoms with E-state index in [1.54, 1.807) is 14.2 Å². The molecule has 1 N–H and O–H groups in total. The maximum Gasteiger partial charge on any atom is 0.246 e. The zero-order valence-corrected chi connectivity index (χ0v) is 14.6. The van der Waals surface area contributed by atoms with Crippen LogP contribution in [0.4, 0.5) is 0 Å². The number of amides is 1. The molecule has 134 valence electrons. The molecule has 0 radical (unpaired) electrons. The van der Waals surface area contributed by atoms with Gasteiger partial charge in [-0.3, -0.25) is 4.79 Å². The third-order valence-electron chi connectivity index (χ3n) is 3.78. The summed E-state index contributed by atoms with van der Waals surface area (Å²) in [6.45, 7) is 0.164. The molecule has 0 aliphatic rings. The monoisotopic (exact) mass is 353 g/mol. The molecule has 7 heteroatoms. The fourth-order valence-corrected chi connectivity index (χ4v) is 2.43. The first-order valence-corrected chi connectivity index (χ1v) is 8.05. The van der Waals surface area contributed by atoms with Gasteiger partial charge in [-0.2, -0.15) is 4.98 Å². The molecule has 26 heavy (non-hydrogen) atoms. The Morgan fingerprint density at radius 1 is 1.08 bits per heavy atom. The molecular formula is C19H19N3O4. The molecule has 0 saturated heterocycles. The van der Waals surface area contributed by atoms with E-state index in [1.165, 1.54) is 0 Å². The first-order valence-electron chi connectivity index (χ1n) is 8.05. The lowest BCUT2D eigenvalue weighted by molar-refractivity contribution is -0.120. The fourth-order valence-electron chi connectivity index (χ4n) is 2.43. The van der Waals surface area contributed by atoms with Crippen molar-refractivity contribution < 1.29 is 18.8 Å². The molecule has 0 atom stereocenters. The number of benzene rings is 2. The van der Waals surface area contributed by atoms with Crippen LogP contribution in [0, 0.1) is 0 Å². The van der Waals surface area contributed by atoms with Crippen LogP contribution in [0.3, 0.4) is 0 Å². The number of hydrogen-bond donors (Lipinski definition) is 1. The third-order valence-corrected chi connectivity index (χ3v) is 3.78. The maximum absolute atomic E-state index is 12.1. The molecule has 3 aromatic rings. The molecule has 7 nitrogen and oxygen atoms in total.